The Morgan fingerprint density at radius 2 is 0.681 bits per heavy atom. The summed E-state index contributed by atoms with van der Waals surface area (Å²) in [6, 6.07) is 30.9. The van der Waals surface area contributed by atoms with Gasteiger partial charge < -0.3 is 36.0 Å². The molecule has 6 aromatic carbocycles. The molecule has 0 spiro atoms. The smallest absolute Gasteiger partial charge is 0.182 e. The van der Waals surface area contributed by atoms with Crippen LogP contribution in [0.5, 0.6) is 34.5 Å². The van der Waals surface area contributed by atoms with E-state index in [1.54, 1.807) is 54.6 Å². The van der Waals surface area contributed by atoms with E-state index in [9.17, 15) is 13.2 Å². The van der Waals surface area contributed by atoms with Gasteiger partial charge in [-0.15, -0.1) is 0 Å². The van der Waals surface area contributed by atoms with Gasteiger partial charge in [-0.25, -0.2) is 13.2 Å². The Labute approximate surface area is 268 Å². The Morgan fingerprint density at radius 3 is 0.957 bits per heavy atom. The van der Waals surface area contributed by atoms with E-state index in [2.05, 4.69) is 0 Å². The van der Waals surface area contributed by atoms with Crippen LogP contribution in [0, 0.1) is 17.5 Å². The van der Waals surface area contributed by atoms with E-state index in [1.165, 1.54) is 54.6 Å². The average Bonchev–Trinajstić information content (AvgIpc) is 3.05. The number of rotatable bonds is 9. The molecule has 7 nitrogen and oxygen atoms in total. The first-order chi connectivity index (χ1) is 22.6. The zero-order chi connectivity index (χ0) is 33.1. The number of hydrogen-bond acceptors (Lipinski definition) is 7. The summed E-state index contributed by atoms with van der Waals surface area (Å²) in [5.41, 5.74) is 17.8. The fraction of sp³-hybridized carbons (Fsp3) is 0. The van der Waals surface area contributed by atoms with Crippen LogP contribution in [0.3, 0.4) is 0 Å². The lowest BCUT2D eigenvalue weighted by Gasteiger charge is -2.26. The van der Waals surface area contributed by atoms with E-state index >= 15 is 4.57 Å². The van der Waals surface area contributed by atoms with Crippen LogP contribution in [-0.4, -0.2) is 0 Å². The lowest BCUT2D eigenvalue weighted by molar-refractivity contribution is 0.443. The first-order valence-electron chi connectivity index (χ1n) is 14.2. The Bertz CT molecular complexity index is 1920. The third kappa shape index (κ3) is 6.32. The molecule has 0 amide bonds. The highest BCUT2D eigenvalue weighted by Crippen LogP contribution is 2.51. The molecular formula is C36H27F3N3O4P. The van der Waals surface area contributed by atoms with E-state index in [4.69, 9.17) is 31.4 Å². The maximum Gasteiger partial charge on any atom is 0.182 e. The summed E-state index contributed by atoms with van der Waals surface area (Å²) in [6.07, 6.45) is 0. The maximum atomic E-state index is 16.1. The molecular weight excluding hydrogens is 626 g/mol. The summed E-state index contributed by atoms with van der Waals surface area (Å²) in [4.78, 5) is 0. The fourth-order valence-corrected chi connectivity index (χ4v) is 7.91. The molecule has 6 aromatic rings. The second kappa shape index (κ2) is 12.9. The topological polar surface area (TPSA) is 123 Å². The molecule has 6 rings (SSSR count). The fourth-order valence-electron chi connectivity index (χ4n) is 4.96. The number of nitrogens with two attached hydrogens (primary N) is 3. The molecule has 6 N–H and O–H groups in total. The summed E-state index contributed by atoms with van der Waals surface area (Å²) in [5.74, 6) is -2.58. The molecule has 236 valence electrons. The molecule has 0 aliphatic rings. The van der Waals surface area contributed by atoms with Crippen LogP contribution in [0.1, 0.15) is 0 Å². The Kier molecular flexibility index (Phi) is 8.52. The monoisotopic (exact) mass is 653 g/mol. The molecule has 0 atom stereocenters. The molecule has 0 heterocycles. The summed E-state index contributed by atoms with van der Waals surface area (Å²) in [5, 5.41) is 0.372. The Hall–Kier alpha value is -5.86. The molecule has 0 fully saturated rings. The lowest BCUT2D eigenvalue weighted by atomic mass is 10.3. The summed E-state index contributed by atoms with van der Waals surface area (Å²) in [7, 11) is -4.19. The van der Waals surface area contributed by atoms with E-state index in [0.29, 0.717) is 0 Å². The molecule has 0 bridgehead atoms. The molecule has 0 saturated carbocycles. The number of hydrogen-bond donors (Lipinski definition) is 3. The predicted molar refractivity (Wildman–Crippen MR) is 178 cm³/mol. The SMILES string of the molecule is Nc1ccc(Oc2ccccc2P(=O)(c2ccccc2Oc2ccc(N)cc2F)c2ccccc2Oc2ccc(N)cc2F)c(F)c1. The van der Waals surface area contributed by atoms with E-state index in [0.717, 1.165) is 18.2 Å². The zero-order valence-corrected chi connectivity index (χ0v) is 25.5. The normalized spacial score (nSPS) is 11.2. The van der Waals surface area contributed by atoms with Crippen LogP contribution in [0.2, 0.25) is 0 Å². The average molecular weight is 654 g/mol. The van der Waals surface area contributed by atoms with Crippen molar-refractivity contribution in [2.24, 2.45) is 0 Å². The lowest BCUT2D eigenvalue weighted by Crippen LogP contribution is -2.28. The Morgan fingerprint density at radius 1 is 0.404 bits per heavy atom. The van der Waals surface area contributed by atoms with Gasteiger partial charge in [0.15, 0.2) is 41.8 Å². The quantitative estimate of drug-likeness (QED) is 0.107. The van der Waals surface area contributed by atoms with Gasteiger partial charge in [-0.3, -0.25) is 0 Å². The van der Waals surface area contributed by atoms with Crippen molar-refractivity contribution in [2.45, 2.75) is 0 Å². The van der Waals surface area contributed by atoms with Gasteiger partial charge in [0, 0.05) is 35.3 Å². The highest BCUT2D eigenvalue weighted by molar-refractivity contribution is 7.85. The number of halogens is 3. The van der Waals surface area contributed by atoms with Crippen molar-refractivity contribution in [3.8, 4) is 34.5 Å². The summed E-state index contributed by atoms with van der Waals surface area (Å²) < 4.78 is 79.0. The standard InChI is InChI=1S/C36H27F3N3O4P/c37-25-19-22(40)13-16-28(25)44-31-7-1-4-10-34(31)47(43,35-11-5-2-8-32(35)45-29-17-14-23(41)20-26(29)38)36-12-6-3-9-33(36)46-30-18-15-24(42)21-27(30)39/h1-21H,40-42H2. The molecule has 11 heteroatoms. The molecule has 0 aliphatic carbocycles. The number of anilines is 3. The molecule has 0 aromatic heterocycles. The van der Waals surface area contributed by atoms with Gasteiger partial charge in [-0.2, -0.15) is 0 Å². The molecule has 0 saturated heterocycles. The molecule has 0 aliphatic heterocycles. The molecule has 0 radical (unpaired) electrons. The van der Waals surface area contributed by atoms with Crippen LogP contribution in [0.25, 0.3) is 0 Å². The minimum Gasteiger partial charge on any atom is -0.453 e. The van der Waals surface area contributed by atoms with Gasteiger partial charge >= 0.3 is 0 Å². The number of benzene rings is 6. The van der Waals surface area contributed by atoms with Crippen LogP contribution < -0.4 is 47.3 Å². The predicted octanol–water partition coefficient (Wildman–Crippen LogP) is 7.87. The first kappa shape index (κ1) is 31.1. The minimum atomic E-state index is -4.19. The van der Waals surface area contributed by atoms with Crippen LogP contribution >= 0.6 is 7.14 Å². The zero-order valence-electron chi connectivity index (χ0n) is 24.6. The number of nitrogen functional groups attached to an aromatic ring is 3. The van der Waals surface area contributed by atoms with Crippen LogP contribution in [0.15, 0.2) is 127 Å². The molecule has 0 unspecified atom stereocenters. The third-order valence-electron chi connectivity index (χ3n) is 7.14. The van der Waals surface area contributed by atoms with Crippen molar-refractivity contribution >= 4 is 40.1 Å². The number of ether oxygens (including phenoxy) is 3. The second-order valence-electron chi connectivity index (χ2n) is 10.4. The van der Waals surface area contributed by atoms with Gasteiger partial charge in [0.2, 0.25) is 0 Å². The van der Waals surface area contributed by atoms with Crippen molar-refractivity contribution in [3.05, 3.63) is 145 Å². The van der Waals surface area contributed by atoms with E-state index in [1.807, 2.05) is 0 Å². The van der Waals surface area contributed by atoms with Crippen LogP contribution in [-0.2, 0) is 4.57 Å². The van der Waals surface area contributed by atoms with Crippen molar-refractivity contribution in [3.63, 3.8) is 0 Å². The third-order valence-corrected chi connectivity index (χ3v) is 10.3. The maximum absolute atomic E-state index is 16.1. The van der Waals surface area contributed by atoms with Gasteiger partial charge in [-0.05, 0) is 72.8 Å². The second-order valence-corrected chi connectivity index (χ2v) is 13.1. The Balaban J connectivity index is 1.59. The van der Waals surface area contributed by atoms with Crippen LogP contribution in [0.4, 0.5) is 30.2 Å². The number of para-hydroxylation sites is 3. The largest absolute Gasteiger partial charge is 0.453 e. The summed E-state index contributed by atoms with van der Waals surface area (Å²) >= 11 is 0. The van der Waals surface area contributed by atoms with Crippen molar-refractivity contribution < 1.29 is 31.9 Å². The minimum absolute atomic E-state index is 0.0430. The van der Waals surface area contributed by atoms with E-state index < -0.39 is 24.6 Å². The van der Waals surface area contributed by atoms with Gasteiger partial charge in [0.25, 0.3) is 0 Å². The molecule has 47 heavy (non-hydrogen) atoms. The van der Waals surface area contributed by atoms with E-state index in [-0.39, 0.29) is 67.5 Å². The highest BCUT2D eigenvalue weighted by Gasteiger charge is 2.38. The van der Waals surface area contributed by atoms with Gasteiger partial charge in [-0.1, -0.05) is 36.4 Å². The van der Waals surface area contributed by atoms with Gasteiger partial charge in [0.05, 0.1) is 15.9 Å². The highest BCUT2D eigenvalue weighted by atomic mass is 31.2. The van der Waals surface area contributed by atoms with Crippen molar-refractivity contribution in [1.82, 2.24) is 0 Å². The van der Waals surface area contributed by atoms with Crippen molar-refractivity contribution in [2.75, 3.05) is 17.2 Å². The van der Waals surface area contributed by atoms with Gasteiger partial charge in [0.1, 0.15) is 17.2 Å². The summed E-state index contributed by atoms with van der Waals surface area (Å²) in [6.45, 7) is 0. The van der Waals surface area contributed by atoms with Crippen molar-refractivity contribution in [1.29, 1.82) is 0 Å². The first-order valence-corrected chi connectivity index (χ1v) is 15.9.